The maximum absolute atomic E-state index is 8.90. The predicted octanol–water partition coefficient (Wildman–Crippen LogP) is 0.402. The van der Waals surface area contributed by atoms with Crippen LogP contribution in [-0.4, -0.2) is 30.3 Å². The summed E-state index contributed by atoms with van der Waals surface area (Å²) in [6.45, 7) is 1.51. The monoisotopic (exact) mass is 180 g/mol. The van der Waals surface area contributed by atoms with E-state index in [0.29, 0.717) is 12.3 Å². The number of nitrogens with zero attached hydrogens (tertiary/aromatic N) is 2. The highest BCUT2D eigenvalue weighted by Gasteiger charge is 2.16. The van der Waals surface area contributed by atoms with Gasteiger partial charge in [0.2, 0.25) is 0 Å². The van der Waals surface area contributed by atoms with Crippen LogP contribution >= 0.6 is 0 Å². The van der Waals surface area contributed by atoms with Crippen molar-refractivity contribution >= 4 is 5.82 Å². The molecule has 1 aromatic rings. The van der Waals surface area contributed by atoms with Gasteiger partial charge in [-0.1, -0.05) is 0 Å². The van der Waals surface area contributed by atoms with Crippen LogP contribution in [-0.2, 0) is 6.61 Å². The van der Waals surface area contributed by atoms with Gasteiger partial charge in [-0.3, -0.25) is 0 Å². The number of pyridine rings is 1. The van der Waals surface area contributed by atoms with E-state index < -0.39 is 0 Å². The van der Waals surface area contributed by atoms with Gasteiger partial charge in [-0.05, 0) is 12.1 Å². The van der Waals surface area contributed by atoms with Crippen LogP contribution in [0.1, 0.15) is 5.69 Å². The number of aromatic nitrogens is 1. The van der Waals surface area contributed by atoms with E-state index in [1.165, 1.54) is 0 Å². The first-order valence-corrected chi connectivity index (χ1v) is 4.26. The fourth-order valence-corrected chi connectivity index (χ4v) is 1.35. The van der Waals surface area contributed by atoms with Crippen LogP contribution in [0.25, 0.3) is 0 Å². The van der Waals surface area contributed by atoms with Gasteiger partial charge in [0.05, 0.1) is 18.8 Å². The second-order valence-electron chi connectivity index (χ2n) is 3.05. The Kier molecular flexibility index (Phi) is 2.06. The lowest BCUT2D eigenvalue weighted by atomic mass is 10.3. The SMILES string of the molecule is CN1CCOc2ccc(CO)nc21. The molecule has 0 aliphatic carbocycles. The molecule has 0 saturated carbocycles. The molecule has 70 valence electrons. The molecule has 1 aliphatic heterocycles. The highest BCUT2D eigenvalue weighted by atomic mass is 16.5. The van der Waals surface area contributed by atoms with Gasteiger partial charge >= 0.3 is 0 Å². The summed E-state index contributed by atoms with van der Waals surface area (Å²) in [6, 6.07) is 3.63. The highest BCUT2D eigenvalue weighted by molar-refractivity contribution is 5.53. The molecule has 4 nitrogen and oxygen atoms in total. The average Bonchev–Trinajstić information content (AvgIpc) is 2.18. The fraction of sp³-hybridized carbons (Fsp3) is 0.444. The van der Waals surface area contributed by atoms with Gasteiger partial charge in [-0.25, -0.2) is 4.98 Å². The maximum atomic E-state index is 8.90. The standard InChI is InChI=1S/C9H12N2O2/c1-11-4-5-13-8-3-2-7(6-12)10-9(8)11/h2-3,12H,4-6H2,1H3. The Morgan fingerprint density at radius 1 is 1.62 bits per heavy atom. The second kappa shape index (κ2) is 3.22. The summed E-state index contributed by atoms with van der Waals surface area (Å²) >= 11 is 0. The molecule has 0 bridgehead atoms. The van der Waals surface area contributed by atoms with Crippen LogP contribution in [0.4, 0.5) is 5.82 Å². The molecular weight excluding hydrogens is 168 g/mol. The molecule has 0 unspecified atom stereocenters. The number of aliphatic hydroxyl groups excluding tert-OH is 1. The third-order valence-corrected chi connectivity index (χ3v) is 2.10. The quantitative estimate of drug-likeness (QED) is 0.679. The zero-order chi connectivity index (χ0) is 9.26. The minimum atomic E-state index is -0.0267. The van der Waals surface area contributed by atoms with E-state index in [1.807, 2.05) is 18.0 Å². The van der Waals surface area contributed by atoms with Crippen molar-refractivity contribution in [3.8, 4) is 5.75 Å². The number of anilines is 1. The lowest BCUT2D eigenvalue weighted by Crippen LogP contribution is -2.29. The first-order chi connectivity index (χ1) is 6.31. The number of rotatable bonds is 1. The van der Waals surface area contributed by atoms with E-state index in [4.69, 9.17) is 9.84 Å². The predicted molar refractivity (Wildman–Crippen MR) is 48.9 cm³/mol. The van der Waals surface area contributed by atoms with Crippen LogP contribution in [0.2, 0.25) is 0 Å². The summed E-state index contributed by atoms with van der Waals surface area (Å²) in [4.78, 5) is 6.29. The molecule has 0 spiro atoms. The van der Waals surface area contributed by atoms with Crippen LogP contribution in [0.15, 0.2) is 12.1 Å². The fourth-order valence-electron chi connectivity index (χ4n) is 1.35. The molecule has 0 saturated heterocycles. The summed E-state index contributed by atoms with van der Waals surface area (Å²) in [6.07, 6.45) is 0. The van der Waals surface area contributed by atoms with Crippen LogP contribution in [0, 0.1) is 0 Å². The van der Waals surface area contributed by atoms with Crippen LogP contribution < -0.4 is 9.64 Å². The van der Waals surface area contributed by atoms with Crippen molar-refractivity contribution in [2.24, 2.45) is 0 Å². The summed E-state index contributed by atoms with van der Waals surface area (Å²) < 4.78 is 5.41. The Morgan fingerprint density at radius 2 is 2.46 bits per heavy atom. The first-order valence-electron chi connectivity index (χ1n) is 4.26. The van der Waals surface area contributed by atoms with Gasteiger partial charge in [0.1, 0.15) is 6.61 Å². The minimum absolute atomic E-state index is 0.0267. The number of fused-ring (bicyclic) bond motifs is 1. The van der Waals surface area contributed by atoms with E-state index >= 15 is 0 Å². The molecule has 0 amide bonds. The van der Waals surface area contributed by atoms with Crippen molar-refractivity contribution in [3.05, 3.63) is 17.8 Å². The summed E-state index contributed by atoms with van der Waals surface area (Å²) in [5, 5.41) is 8.90. The van der Waals surface area contributed by atoms with Crippen molar-refractivity contribution in [1.82, 2.24) is 4.98 Å². The molecule has 0 radical (unpaired) electrons. The lowest BCUT2D eigenvalue weighted by Gasteiger charge is -2.26. The van der Waals surface area contributed by atoms with E-state index in [2.05, 4.69) is 4.98 Å². The maximum Gasteiger partial charge on any atom is 0.171 e. The van der Waals surface area contributed by atoms with Gasteiger partial charge < -0.3 is 14.7 Å². The molecule has 1 aromatic heterocycles. The molecule has 2 heterocycles. The first kappa shape index (κ1) is 8.31. The Balaban J connectivity index is 2.41. The molecule has 4 heteroatoms. The van der Waals surface area contributed by atoms with Gasteiger partial charge in [0.15, 0.2) is 11.6 Å². The van der Waals surface area contributed by atoms with Crippen molar-refractivity contribution in [3.63, 3.8) is 0 Å². The summed E-state index contributed by atoms with van der Waals surface area (Å²) in [7, 11) is 1.97. The van der Waals surface area contributed by atoms with Crippen LogP contribution in [0.3, 0.4) is 0 Å². The minimum Gasteiger partial charge on any atom is -0.488 e. The summed E-state index contributed by atoms with van der Waals surface area (Å²) in [5.74, 6) is 1.61. The molecule has 1 N–H and O–H groups in total. The second-order valence-corrected chi connectivity index (χ2v) is 3.05. The Morgan fingerprint density at radius 3 is 3.23 bits per heavy atom. The van der Waals surface area contributed by atoms with Crippen molar-refractivity contribution in [2.45, 2.75) is 6.61 Å². The van der Waals surface area contributed by atoms with E-state index in [9.17, 15) is 0 Å². The van der Waals surface area contributed by atoms with E-state index in [1.54, 1.807) is 6.07 Å². The number of hydrogen-bond acceptors (Lipinski definition) is 4. The van der Waals surface area contributed by atoms with Gasteiger partial charge in [0, 0.05) is 7.05 Å². The lowest BCUT2D eigenvalue weighted by molar-refractivity contribution is 0.274. The van der Waals surface area contributed by atoms with E-state index in [-0.39, 0.29) is 6.61 Å². The largest absolute Gasteiger partial charge is 0.488 e. The number of ether oxygens (including phenoxy) is 1. The molecule has 13 heavy (non-hydrogen) atoms. The van der Waals surface area contributed by atoms with Crippen LogP contribution in [0.5, 0.6) is 5.75 Å². The number of aliphatic hydroxyl groups is 1. The molecule has 2 rings (SSSR count). The Bertz CT molecular complexity index is 314. The highest BCUT2D eigenvalue weighted by Crippen LogP contribution is 2.28. The van der Waals surface area contributed by atoms with Gasteiger partial charge in [-0.2, -0.15) is 0 Å². The zero-order valence-corrected chi connectivity index (χ0v) is 7.53. The zero-order valence-electron chi connectivity index (χ0n) is 7.53. The number of likely N-dealkylation sites (N-methyl/N-ethyl adjacent to an activating group) is 1. The topological polar surface area (TPSA) is 45.6 Å². The normalized spacial score (nSPS) is 15.1. The van der Waals surface area contributed by atoms with Crippen molar-refractivity contribution in [2.75, 3.05) is 25.1 Å². The third-order valence-electron chi connectivity index (χ3n) is 2.10. The molecule has 0 atom stereocenters. The molecule has 1 aliphatic rings. The Labute approximate surface area is 76.8 Å². The van der Waals surface area contributed by atoms with Crippen molar-refractivity contribution < 1.29 is 9.84 Å². The van der Waals surface area contributed by atoms with Gasteiger partial charge in [-0.15, -0.1) is 0 Å². The number of hydrogen-bond donors (Lipinski definition) is 1. The average molecular weight is 180 g/mol. The van der Waals surface area contributed by atoms with E-state index in [0.717, 1.165) is 18.1 Å². The smallest absolute Gasteiger partial charge is 0.171 e. The van der Waals surface area contributed by atoms with Gasteiger partial charge in [0.25, 0.3) is 0 Å². The van der Waals surface area contributed by atoms with Crippen molar-refractivity contribution in [1.29, 1.82) is 0 Å². The third kappa shape index (κ3) is 1.45. The Hall–Kier alpha value is -1.29. The molecular formula is C9H12N2O2. The summed E-state index contributed by atoms with van der Waals surface area (Å²) in [5.41, 5.74) is 0.677. The molecule has 0 fully saturated rings. The molecule has 0 aromatic carbocycles.